The van der Waals surface area contributed by atoms with Crippen molar-refractivity contribution in [1.29, 1.82) is 5.26 Å². The van der Waals surface area contributed by atoms with Crippen molar-refractivity contribution in [2.24, 2.45) is 0 Å². The molecule has 0 bridgehead atoms. The van der Waals surface area contributed by atoms with Gasteiger partial charge < -0.3 is 9.64 Å². The van der Waals surface area contributed by atoms with E-state index in [4.69, 9.17) is 4.74 Å². The van der Waals surface area contributed by atoms with Crippen molar-refractivity contribution >= 4 is 11.9 Å². The molecule has 28 heavy (non-hydrogen) atoms. The third kappa shape index (κ3) is 4.71. The summed E-state index contributed by atoms with van der Waals surface area (Å²) >= 11 is 0. The molecule has 2 aliphatic rings. The Morgan fingerprint density at radius 2 is 1.75 bits per heavy atom. The molecule has 1 aliphatic heterocycles. The smallest absolute Gasteiger partial charge is 0.338 e. The first-order valence-electron chi connectivity index (χ1n) is 10.2. The van der Waals surface area contributed by atoms with Crippen molar-refractivity contribution < 1.29 is 14.3 Å². The van der Waals surface area contributed by atoms with Crippen molar-refractivity contribution in [3.05, 3.63) is 35.4 Å². The summed E-state index contributed by atoms with van der Waals surface area (Å²) in [7, 11) is 1.64. The average molecular weight is 383 g/mol. The molecule has 0 unspecified atom stereocenters. The molecule has 3 rings (SSSR count). The minimum atomic E-state index is -0.765. The van der Waals surface area contributed by atoms with Gasteiger partial charge in [0, 0.05) is 13.6 Å². The van der Waals surface area contributed by atoms with E-state index in [2.05, 4.69) is 11.0 Å². The number of nitrogens with zero attached hydrogens (tertiary/aromatic N) is 3. The third-order valence-corrected chi connectivity index (χ3v) is 6.03. The highest BCUT2D eigenvalue weighted by Crippen LogP contribution is 2.32. The highest BCUT2D eigenvalue weighted by molar-refractivity contribution is 5.91. The van der Waals surface area contributed by atoms with Crippen LogP contribution < -0.4 is 0 Å². The summed E-state index contributed by atoms with van der Waals surface area (Å²) in [5, 5.41) is 9.59. The van der Waals surface area contributed by atoms with Gasteiger partial charge >= 0.3 is 5.97 Å². The molecule has 1 aliphatic carbocycles. The van der Waals surface area contributed by atoms with Crippen LogP contribution in [0.5, 0.6) is 0 Å². The number of hydrogen-bond acceptors (Lipinski definition) is 5. The first-order valence-corrected chi connectivity index (χ1v) is 10.2. The highest BCUT2D eigenvalue weighted by atomic mass is 16.5. The van der Waals surface area contributed by atoms with Crippen LogP contribution in [0.15, 0.2) is 24.3 Å². The zero-order chi connectivity index (χ0) is 20.0. The molecule has 150 valence electrons. The lowest BCUT2D eigenvalue weighted by atomic mass is 9.81. The summed E-state index contributed by atoms with van der Waals surface area (Å²) in [5.74, 6) is -0.841. The van der Waals surface area contributed by atoms with Gasteiger partial charge in [0.15, 0.2) is 6.61 Å². The summed E-state index contributed by atoms with van der Waals surface area (Å²) in [4.78, 5) is 28.6. The minimum absolute atomic E-state index is 0.331. The molecule has 1 amide bonds. The van der Waals surface area contributed by atoms with Gasteiger partial charge in [-0.2, -0.15) is 5.26 Å². The maximum atomic E-state index is 12.5. The fourth-order valence-electron chi connectivity index (χ4n) is 4.15. The molecule has 1 heterocycles. The summed E-state index contributed by atoms with van der Waals surface area (Å²) < 4.78 is 5.21. The van der Waals surface area contributed by atoms with Crippen LogP contribution in [0.1, 0.15) is 60.9 Å². The first-order chi connectivity index (χ1) is 13.5. The number of rotatable bonds is 6. The zero-order valence-electron chi connectivity index (χ0n) is 16.7. The van der Waals surface area contributed by atoms with Gasteiger partial charge in [-0.15, -0.1) is 0 Å². The quantitative estimate of drug-likeness (QED) is 0.706. The minimum Gasteiger partial charge on any atom is -0.452 e. The molecule has 1 aromatic rings. The van der Waals surface area contributed by atoms with Gasteiger partial charge in [0.2, 0.25) is 0 Å². The molecular formula is C22H29N3O3. The number of esters is 1. The average Bonchev–Trinajstić information content (AvgIpc) is 3.25. The lowest BCUT2D eigenvalue weighted by Gasteiger charge is -2.38. The molecule has 0 aromatic heterocycles. The maximum Gasteiger partial charge on any atom is 0.338 e. The molecule has 0 radical (unpaired) electrons. The van der Waals surface area contributed by atoms with E-state index in [1.165, 1.54) is 23.3 Å². The summed E-state index contributed by atoms with van der Waals surface area (Å²) in [5.41, 5.74) is 0.842. The molecule has 1 saturated carbocycles. The normalized spacial score (nSPS) is 19.0. The number of carbonyl (C=O) groups excluding carboxylic acids is 2. The predicted molar refractivity (Wildman–Crippen MR) is 105 cm³/mol. The largest absolute Gasteiger partial charge is 0.452 e. The second-order valence-electron chi connectivity index (χ2n) is 7.91. The standard InChI is InChI=1S/C22H29N3O3/c1-24(22(17-23)11-3-2-4-12-22)20(26)16-28-21(27)19-9-7-18(8-10-19)15-25-13-5-6-14-25/h7-10H,2-6,11-16H2,1H3. The van der Waals surface area contributed by atoms with Crippen LogP contribution in [0.2, 0.25) is 0 Å². The summed E-state index contributed by atoms with van der Waals surface area (Å²) in [6, 6.07) is 9.69. The highest BCUT2D eigenvalue weighted by Gasteiger charge is 2.39. The third-order valence-electron chi connectivity index (χ3n) is 6.03. The maximum absolute atomic E-state index is 12.5. The van der Waals surface area contributed by atoms with Gasteiger partial charge in [0.05, 0.1) is 11.6 Å². The van der Waals surface area contributed by atoms with Crippen molar-refractivity contribution in [2.75, 3.05) is 26.7 Å². The predicted octanol–water partition coefficient (Wildman–Crippen LogP) is 3.12. The van der Waals surface area contributed by atoms with Crippen LogP contribution >= 0.6 is 0 Å². The Labute approximate surface area is 167 Å². The van der Waals surface area contributed by atoms with E-state index < -0.39 is 11.5 Å². The van der Waals surface area contributed by atoms with Crippen LogP contribution in [0.4, 0.5) is 0 Å². The Hall–Kier alpha value is -2.39. The van der Waals surface area contributed by atoms with E-state index in [1.54, 1.807) is 19.2 Å². The first kappa shape index (κ1) is 20.3. The molecule has 0 N–H and O–H groups in total. The summed E-state index contributed by atoms with van der Waals surface area (Å²) in [6.45, 7) is 2.82. The molecule has 6 nitrogen and oxygen atoms in total. The Bertz CT molecular complexity index is 726. The second-order valence-corrected chi connectivity index (χ2v) is 7.91. The van der Waals surface area contributed by atoms with Crippen LogP contribution in [-0.2, 0) is 16.1 Å². The van der Waals surface area contributed by atoms with Crippen molar-refractivity contribution in [1.82, 2.24) is 9.80 Å². The fraction of sp³-hybridized carbons (Fsp3) is 0.591. The van der Waals surface area contributed by atoms with Crippen molar-refractivity contribution in [2.45, 2.75) is 57.0 Å². The van der Waals surface area contributed by atoms with E-state index in [9.17, 15) is 14.9 Å². The Balaban J connectivity index is 1.51. The molecule has 6 heteroatoms. The molecule has 0 spiro atoms. The zero-order valence-corrected chi connectivity index (χ0v) is 16.7. The topological polar surface area (TPSA) is 73.6 Å². The van der Waals surface area contributed by atoms with Crippen molar-refractivity contribution in [3.63, 3.8) is 0 Å². The van der Waals surface area contributed by atoms with Gasteiger partial charge in [-0.3, -0.25) is 9.69 Å². The van der Waals surface area contributed by atoms with E-state index in [0.29, 0.717) is 18.4 Å². The number of likely N-dealkylation sites (N-methyl/N-ethyl adjacent to an activating group) is 1. The Kier molecular flexibility index (Phi) is 6.69. The van der Waals surface area contributed by atoms with E-state index >= 15 is 0 Å². The van der Waals surface area contributed by atoms with E-state index in [-0.39, 0.29) is 12.5 Å². The van der Waals surface area contributed by atoms with E-state index in [0.717, 1.165) is 38.9 Å². The SMILES string of the molecule is CN(C(=O)COC(=O)c1ccc(CN2CCCC2)cc1)C1(C#N)CCCCC1. The van der Waals surface area contributed by atoms with Gasteiger partial charge in [0.25, 0.3) is 5.91 Å². The van der Waals surface area contributed by atoms with Gasteiger partial charge in [-0.25, -0.2) is 4.79 Å². The Morgan fingerprint density at radius 1 is 1.11 bits per heavy atom. The van der Waals surface area contributed by atoms with Gasteiger partial charge in [-0.1, -0.05) is 31.4 Å². The molecular weight excluding hydrogens is 354 g/mol. The van der Waals surface area contributed by atoms with Crippen LogP contribution in [0, 0.1) is 11.3 Å². The summed E-state index contributed by atoms with van der Waals surface area (Å²) in [6.07, 6.45) is 6.83. The second kappa shape index (κ2) is 9.20. The Morgan fingerprint density at radius 3 is 2.36 bits per heavy atom. The number of nitriles is 1. The van der Waals surface area contributed by atoms with Gasteiger partial charge in [-0.05, 0) is 56.5 Å². The number of ether oxygens (including phenoxy) is 1. The molecule has 2 fully saturated rings. The number of amides is 1. The lowest BCUT2D eigenvalue weighted by molar-refractivity contribution is -0.138. The molecule has 0 atom stereocenters. The monoisotopic (exact) mass is 383 g/mol. The lowest BCUT2D eigenvalue weighted by Crippen LogP contribution is -2.51. The van der Waals surface area contributed by atoms with Crippen LogP contribution in [-0.4, -0.2) is 54.0 Å². The van der Waals surface area contributed by atoms with E-state index in [1.807, 2.05) is 12.1 Å². The molecule has 1 saturated heterocycles. The van der Waals surface area contributed by atoms with Gasteiger partial charge in [0.1, 0.15) is 5.54 Å². The fourth-order valence-corrected chi connectivity index (χ4v) is 4.15. The van der Waals surface area contributed by atoms with Crippen molar-refractivity contribution in [3.8, 4) is 6.07 Å². The molecule has 1 aromatic carbocycles. The van der Waals surface area contributed by atoms with Crippen LogP contribution in [0.3, 0.4) is 0 Å². The number of carbonyl (C=O) groups is 2. The number of benzene rings is 1. The number of likely N-dealkylation sites (tertiary alicyclic amines) is 1. The van der Waals surface area contributed by atoms with Crippen LogP contribution in [0.25, 0.3) is 0 Å². The number of hydrogen-bond donors (Lipinski definition) is 0.